The van der Waals surface area contributed by atoms with Crippen LogP contribution in [0.25, 0.3) is 6.08 Å². The molecule has 0 unspecified atom stereocenters. The third kappa shape index (κ3) is 4.58. The highest BCUT2D eigenvalue weighted by atomic mass is 32.2. The van der Waals surface area contributed by atoms with E-state index in [2.05, 4.69) is 0 Å². The van der Waals surface area contributed by atoms with Crippen molar-refractivity contribution in [3.8, 4) is 5.75 Å². The molecular formula is C16H15NO6S2. The average Bonchev–Trinajstić information content (AvgIpc) is 2.83. The van der Waals surface area contributed by atoms with Crippen molar-refractivity contribution in [3.63, 3.8) is 0 Å². The van der Waals surface area contributed by atoms with Crippen LogP contribution in [0.15, 0.2) is 29.2 Å². The first-order chi connectivity index (χ1) is 11.8. The van der Waals surface area contributed by atoms with Gasteiger partial charge in [-0.1, -0.05) is 36.1 Å². The summed E-state index contributed by atoms with van der Waals surface area (Å²) in [6.45, 7) is 0. The first-order valence-electron chi connectivity index (χ1n) is 7.19. The minimum Gasteiger partial charge on any atom is -0.497 e. The second kappa shape index (κ2) is 8.13. The minimum atomic E-state index is -1.30. The van der Waals surface area contributed by atoms with Gasteiger partial charge >= 0.3 is 11.9 Å². The number of carboxylic acids is 2. The molecule has 1 heterocycles. The topological polar surface area (TPSA) is 104 Å². The number of carbonyl (C=O) groups excluding carboxylic acids is 1. The number of benzene rings is 1. The van der Waals surface area contributed by atoms with Crippen molar-refractivity contribution in [2.45, 2.75) is 18.9 Å². The Morgan fingerprint density at radius 2 is 1.96 bits per heavy atom. The summed E-state index contributed by atoms with van der Waals surface area (Å²) < 4.78 is 5.16. The van der Waals surface area contributed by atoms with E-state index in [0.29, 0.717) is 5.75 Å². The maximum Gasteiger partial charge on any atom is 0.326 e. The van der Waals surface area contributed by atoms with E-state index in [4.69, 9.17) is 22.1 Å². The van der Waals surface area contributed by atoms with Crippen LogP contribution >= 0.6 is 24.0 Å². The smallest absolute Gasteiger partial charge is 0.326 e. The van der Waals surface area contributed by atoms with E-state index in [1.165, 1.54) is 0 Å². The van der Waals surface area contributed by atoms with E-state index >= 15 is 0 Å². The predicted octanol–water partition coefficient (Wildman–Crippen LogP) is 2.21. The molecule has 1 aromatic rings. The number of thiocarbonyl (C=S) groups is 1. The number of ether oxygens (including phenoxy) is 1. The summed E-state index contributed by atoms with van der Waals surface area (Å²) in [5, 5.41) is 18.1. The maximum absolute atomic E-state index is 12.5. The number of aliphatic carboxylic acids is 2. The van der Waals surface area contributed by atoms with Crippen LogP contribution in [-0.2, 0) is 14.4 Å². The molecule has 1 saturated heterocycles. The fourth-order valence-electron chi connectivity index (χ4n) is 2.22. The molecule has 7 nitrogen and oxygen atoms in total. The Morgan fingerprint density at radius 3 is 2.48 bits per heavy atom. The number of nitrogens with zero attached hydrogens (tertiary/aromatic N) is 1. The van der Waals surface area contributed by atoms with Gasteiger partial charge in [0, 0.05) is 6.42 Å². The normalized spacial score (nSPS) is 17.0. The standard InChI is InChI=1S/C16H15NO6S2/c1-23-10-4-2-9(3-5-10)8-12-14(20)17(16(24)25-12)11(15(21)22)6-7-13(18)19/h2-5,8,11H,6-7H2,1H3,(H,18,19)(H,21,22)/b12-8+/t11-/m0/s1. The van der Waals surface area contributed by atoms with Crippen LogP contribution < -0.4 is 4.74 Å². The highest BCUT2D eigenvalue weighted by Gasteiger charge is 2.40. The summed E-state index contributed by atoms with van der Waals surface area (Å²) in [7, 11) is 1.54. The van der Waals surface area contributed by atoms with Crippen molar-refractivity contribution in [1.82, 2.24) is 4.90 Å². The van der Waals surface area contributed by atoms with Gasteiger partial charge in [-0.3, -0.25) is 14.5 Å². The Kier molecular flexibility index (Phi) is 6.16. The lowest BCUT2D eigenvalue weighted by molar-refractivity contribution is -0.146. The molecule has 1 aliphatic rings. The van der Waals surface area contributed by atoms with Gasteiger partial charge in [-0.25, -0.2) is 4.79 Å². The molecule has 9 heteroatoms. The van der Waals surface area contributed by atoms with Crippen molar-refractivity contribution in [1.29, 1.82) is 0 Å². The molecule has 25 heavy (non-hydrogen) atoms. The van der Waals surface area contributed by atoms with Crippen molar-refractivity contribution in [2.24, 2.45) is 0 Å². The van der Waals surface area contributed by atoms with Gasteiger partial charge < -0.3 is 14.9 Å². The fourth-order valence-corrected chi connectivity index (χ4v) is 3.58. The lowest BCUT2D eigenvalue weighted by Gasteiger charge is -2.22. The molecule has 1 amide bonds. The molecule has 2 N–H and O–H groups in total. The number of hydrogen-bond acceptors (Lipinski definition) is 6. The van der Waals surface area contributed by atoms with E-state index in [9.17, 15) is 19.5 Å². The quantitative estimate of drug-likeness (QED) is 0.547. The predicted molar refractivity (Wildman–Crippen MR) is 96.3 cm³/mol. The number of amides is 1. The molecule has 2 rings (SSSR count). The molecule has 1 atom stereocenters. The van der Waals surface area contributed by atoms with E-state index in [1.807, 2.05) is 0 Å². The van der Waals surface area contributed by atoms with E-state index in [1.54, 1.807) is 37.5 Å². The van der Waals surface area contributed by atoms with E-state index in [-0.39, 0.29) is 22.1 Å². The molecule has 0 saturated carbocycles. The summed E-state index contributed by atoms with van der Waals surface area (Å²) in [6, 6.07) is 5.68. The first kappa shape index (κ1) is 18.9. The van der Waals surface area contributed by atoms with Crippen LogP contribution in [0.3, 0.4) is 0 Å². The zero-order valence-electron chi connectivity index (χ0n) is 13.2. The monoisotopic (exact) mass is 381 g/mol. The number of carbonyl (C=O) groups is 3. The van der Waals surface area contributed by atoms with Gasteiger partial charge in [-0.2, -0.15) is 0 Å². The largest absolute Gasteiger partial charge is 0.497 e. The molecule has 0 spiro atoms. The van der Waals surface area contributed by atoms with Gasteiger partial charge in [0.2, 0.25) is 0 Å². The van der Waals surface area contributed by atoms with Gasteiger partial charge in [0.15, 0.2) is 0 Å². The number of methoxy groups -OCH3 is 1. The van der Waals surface area contributed by atoms with Crippen molar-refractivity contribution in [2.75, 3.05) is 7.11 Å². The first-order valence-corrected chi connectivity index (χ1v) is 8.41. The molecule has 0 radical (unpaired) electrons. The third-order valence-corrected chi connectivity index (χ3v) is 4.80. The second-order valence-electron chi connectivity index (χ2n) is 5.11. The lowest BCUT2D eigenvalue weighted by atomic mass is 10.1. The van der Waals surface area contributed by atoms with Crippen LogP contribution in [0.5, 0.6) is 5.75 Å². The Hall–Kier alpha value is -2.39. The highest BCUT2D eigenvalue weighted by Crippen LogP contribution is 2.35. The van der Waals surface area contributed by atoms with Crippen LogP contribution in [0.1, 0.15) is 18.4 Å². The Labute approximate surface area is 153 Å². The van der Waals surface area contributed by atoms with Gasteiger partial charge in [0.25, 0.3) is 5.91 Å². The second-order valence-corrected chi connectivity index (χ2v) is 6.79. The summed E-state index contributed by atoms with van der Waals surface area (Å²) in [5.41, 5.74) is 0.735. The third-order valence-electron chi connectivity index (χ3n) is 3.47. The van der Waals surface area contributed by atoms with Gasteiger partial charge in [-0.05, 0) is 30.2 Å². The molecule has 0 aromatic heterocycles. The van der Waals surface area contributed by atoms with E-state index < -0.39 is 23.9 Å². The Bertz CT molecular complexity index is 743. The Morgan fingerprint density at radius 1 is 1.32 bits per heavy atom. The minimum absolute atomic E-state index is 0.0996. The zero-order valence-corrected chi connectivity index (χ0v) is 14.8. The zero-order chi connectivity index (χ0) is 18.6. The van der Waals surface area contributed by atoms with Gasteiger partial charge in [0.05, 0.1) is 12.0 Å². The average molecular weight is 381 g/mol. The van der Waals surface area contributed by atoms with E-state index in [0.717, 1.165) is 22.2 Å². The van der Waals surface area contributed by atoms with Gasteiger partial charge in [0.1, 0.15) is 16.1 Å². The number of rotatable bonds is 7. The fraction of sp³-hybridized carbons (Fsp3) is 0.250. The number of thioether (sulfide) groups is 1. The summed E-state index contributed by atoms with van der Waals surface area (Å²) in [4.78, 5) is 36.0. The molecular weight excluding hydrogens is 366 g/mol. The molecule has 1 fully saturated rings. The summed E-state index contributed by atoms with van der Waals surface area (Å²) in [5.74, 6) is -2.29. The lowest BCUT2D eigenvalue weighted by Crippen LogP contribution is -2.44. The molecule has 132 valence electrons. The molecule has 0 aliphatic carbocycles. The Balaban J connectivity index is 2.23. The van der Waals surface area contributed by atoms with Crippen LogP contribution in [0.4, 0.5) is 0 Å². The van der Waals surface area contributed by atoms with Crippen LogP contribution in [0, 0.1) is 0 Å². The number of carboxylic acid groups (broad SMARTS) is 2. The number of hydrogen-bond donors (Lipinski definition) is 2. The van der Waals surface area contributed by atoms with Crippen molar-refractivity contribution >= 4 is 52.2 Å². The highest BCUT2D eigenvalue weighted by molar-refractivity contribution is 8.26. The van der Waals surface area contributed by atoms with Crippen LogP contribution in [0.2, 0.25) is 0 Å². The SMILES string of the molecule is COc1ccc(/C=C2/SC(=S)N([C@@H](CCC(=O)O)C(=O)O)C2=O)cc1. The van der Waals surface area contributed by atoms with Gasteiger partial charge in [-0.15, -0.1) is 0 Å². The molecule has 1 aliphatic heterocycles. The molecule has 1 aromatic carbocycles. The van der Waals surface area contributed by atoms with Crippen molar-refractivity contribution in [3.05, 3.63) is 34.7 Å². The maximum atomic E-state index is 12.5. The molecule has 0 bridgehead atoms. The summed E-state index contributed by atoms with van der Waals surface area (Å²) in [6.07, 6.45) is 1.02. The summed E-state index contributed by atoms with van der Waals surface area (Å²) >= 11 is 6.12. The van der Waals surface area contributed by atoms with Crippen molar-refractivity contribution < 1.29 is 29.3 Å². The van der Waals surface area contributed by atoms with Crippen LogP contribution in [-0.4, -0.2) is 50.4 Å².